The molecule has 0 aliphatic carbocycles. The van der Waals surface area contributed by atoms with Gasteiger partial charge in [0.25, 0.3) is 0 Å². The van der Waals surface area contributed by atoms with Gasteiger partial charge in [0.05, 0.1) is 17.6 Å². The maximum atomic E-state index is 6.00. The van der Waals surface area contributed by atoms with Crippen molar-refractivity contribution in [1.29, 1.82) is 0 Å². The van der Waals surface area contributed by atoms with Crippen molar-refractivity contribution in [3.8, 4) is 5.75 Å². The van der Waals surface area contributed by atoms with Crippen LogP contribution in [0, 0.1) is 5.41 Å². The highest BCUT2D eigenvalue weighted by atomic mass is 16.5. The monoisotopic (exact) mass is 326 g/mol. The van der Waals surface area contributed by atoms with E-state index in [1.54, 1.807) is 0 Å². The molecule has 0 saturated carbocycles. The Balaban J connectivity index is 1.61. The van der Waals surface area contributed by atoms with Crippen molar-refractivity contribution in [2.75, 3.05) is 13.2 Å². The highest BCUT2D eigenvalue weighted by Crippen LogP contribution is 2.41. The Hall–Kier alpha value is -2.14. The summed E-state index contributed by atoms with van der Waals surface area (Å²) in [6.07, 6.45) is 3.08. The van der Waals surface area contributed by atoms with Gasteiger partial charge in [-0.15, -0.1) is 10.2 Å². The number of hydrogen-bond acceptors (Lipinski definition) is 5. The summed E-state index contributed by atoms with van der Waals surface area (Å²) in [7, 11) is 0. The van der Waals surface area contributed by atoms with Crippen molar-refractivity contribution in [3.63, 3.8) is 0 Å². The van der Waals surface area contributed by atoms with Gasteiger partial charge in [-0.3, -0.25) is 0 Å². The Morgan fingerprint density at radius 2 is 1.96 bits per heavy atom. The summed E-state index contributed by atoms with van der Waals surface area (Å²) in [5, 5.41) is 8.55. The first-order valence-electron chi connectivity index (χ1n) is 8.40. The van der Waals surface area contributed by atoms with Crippen LogP contribution in [-0.2, 0) is 4.74 Å². The molecule has 2 atom stereocenters. The molecule has 0 bridgehead atoms. The molecule has 0 spiro atoms. The van der Waals surface area contributed by atoms with Gasteiger partial charge in [-0.1, -0.05) is 39.0 Å². The summed E-state index contributed by atoms with van der Waals surface area (Å²) >= 11 is 0. The maximum absolute atomic E-state index is 6.00. The van der Waals surface area contributed by atoms with E-state index in [0.29, 0.717) is 18.4 Å². The Morgan fingerprint density at radius 3 is 2.79 bits per heavy atom. The second kappa shape index (κ2) is 5.74. The lowest BCUT2D eigenvalue weighted by molar-refractivity contribution is 0.0171. The van der Waals surface area contributed by atoms with Crippen LogP contribution >= 0.6 is 0 Å². The fourth-order valence-electron chi connectivity index (χ4n) is 3.45. The predicted molar refractivity (Wildman–Crippen MR) is 90.7 cm³/mol. The van der Waals surface area contributed by atoms with E-state index >= 15 is 0 Å². The molecule has 126 valence electrons. The molecule has 24 heavy (non-hydrogen) atoms. The highest BCUT2D eigenvalue weighted by molar-refractivity contribution is 5.82. The third kappa shape index (κ3) is 2.73. The normalized spacial score (nSPS) is 23.5. The summed E-state index contributed by atoms with van der Waals surface area (Å²) < 4.78 is 17.7. The number of rotatable bonds is 2. The van der Waals surface area contributed by atoms with Crippen molar-refractivity contribution in [3.05, 3.63) is 41.6 Å². The molecule has 0 amide bonds. The zero-order valence-electron chi connectivity index (χ0n) is 14.3. The minimum Gasteiger partial charge on any atom is -0.488 e. The number of para-hydroxylation sites is 1. The molecule has 0 unspecified atom stereocenters. The standard InChI is InChI=1S/C19H22N2O3/c1-19(2,3)16-14(8-9-22-16)18-21-20-17(24-18)13-10-12-6-4-5-7-15(12)23-11-13/h4-7,10,14,16H,8-9,11H2,1-3H3/t14-,16-/m0/s1. The molecular weight excluding hydrogens is 304 g/mol. The fourth-order valence-corrected chi connectivity index (χ4v) is 3.45. The lowest BCUT2D eigenvalue weighted by Crippen LogP contribution is -2.30. The summed E-state index contributed by atoms with van der Waals surface area (Å²) in [4.78, 5) is 0. The first-order valence-corrected chi connectivity index (χ1v) is 8.40. The molecule has 1 aromatic heterocycles. The second-order valence-electron chi connectivity index (χ2n) is 7.49. The lowest BCUT2D eigenvalue weighted by atomic mass is 9.81. The van der Waals surface area contributed by atoms with E-state index in [1.807, 2.05) is 24.3 Å². The van der Waals surface area contributed by atoms with Crippen LogP contribution in [0.25, 0.3) is 11.6 Å². The molecular formula is C19H22N2O3. The van der Waals surface area contributed by atoms with E-state index in [2.05, 4.69) is 37.0 Å². The average Bonchev–Trinajstić information content (AvgIpc) is 3.22. The van der Waals surface area contributed by atoms with Gasteiger partial charge in [-0.05, 0) is 24.0 Å². The molecule has 1 fully saturated rings. The van der Waals surface area contributed by atoms with E-state index in [0.717, 1.165) is 29.9 Å². The molecule has 4 rings (SSSR count). The number of hydrogen-bond donors (Lipinski definition) is 0. The van der Waals surface area contributed by atoms with Crippen molar-refractivity contribution in [2.45, 2.75) is 39.2 Å². The number of fused-ring (bicyclic) bond motifs is 1. The minimum atomic E-state index is 0.0436. The lowest BCUT2D eigenvalue weighted by Gasteiger charge is -2.29. The maximum Gasteiger partial charge on any atom is 0.247 e. The molecule has 2 aromatic rings. The molecule has 5 nitrogen and oxygen atoms in total. The van der Waals surface area contributed by atoms with Gasteiger partial charge < -0.3 is 13.9 Å². The Labute approximate surface area is 141 Å². The second-order valence-corrected chi connectivity index (χ2v) is 7.49. The van der Waals surface area contributed by atoms with E-state index in [1.165, 1.54) is 0 Å². The smallest absolute Gasteiger partial charge is 0.247 e. The van der Waals surface area contributed by atoms with Crippen LogP contribution in [0.3, 0.4) is 0 Å². The van der Waals surface area contributed by atoms with Gasteiger partial charge in [-0.2, -0.15) is 0 Å². The van der Waals surface area contributed by atoms with Gasteiger partial charge in [0, 0.05) is 12.2 Å². The van der Waals surface area contributed by atoms with E-state index in [-0.39, 0.29) is 17.4 Å². The van der Waals surface area contributed by atoms with Crippen LogP contribution in [0.4, 0.5) is 0 Å². The third-order valence-electron chi connectivity index (χ3n) is 4.61. The van der Waals surface area contributed by atoms with Gasteiger partial charge in [-0.25, -0.2) is 0 Å². The number of aromatic nitrogens is 2. The highest BCUT2D eigenvalue weighted by Gasteiger charge is 2.41. The first-order chi connectivity index (χ1) is 11.5. The van der Waals surface area contributed by atoms with Crippen LogP contribution in [0.1, 0.15) is 50.5 Å². The van der Waals surface area contributed by atoms with Gasteiger partial charge in [0.2, 0.25) is 11.8 Å². The van der Waals surface area contributed by atoms with Crippen LogP contribution in [-0.4, -0.2) is 29.5 Å². The average molecular weight is 326 g/mol. The Kier molecular flexibility index (Phi) is 3.68. The van der Waals surface area contributed by atoms with Gasteiger partial charge in [0.15, 0.2) is 0 Å². The zero-order valence-corrected chi connectivity index (χ0v) is 14.3. The zero-order chi connectivity index (χ0) is 16.7. The molecule has 2 aliphatic heterocycles. The fraction of sp³-hybridized carbons (Fsp3) is 0.474. The number of ether oxygens (including phenoxy) is 2. The summed E-state index contributed by atoms with van der Waals surface area (Å²) in [5.41, 5.74) is 2.00. The van der Waals surface area contributed by atoms with Gasteiger partial charge in [0.1, 0.15) is 12.4 Å². The summed E-state index contributed by atoms with van der Waals surface area (Å²) in [5.74, 6) is 2.25. The molecule has 1 saturated heterocycles. The first kappa shape index (κ1) is 15.4. The summed E-state index contributed by atoms with van der Waals surface area (Å²) in [6, 6.07) is 7.94. The Morgan fingerprint density at radius 1 is 1.12 bits per heavy atom. The Bertz CT molecular complexity index is 773. The van der Waals surface area contributed by atoms with Crippen LogP contribution in [0.5, 0.6) is 5.75 Å². The molecule has 5 heteroatoms. The number of nitrogens with zero attached hydrogens (tertiary/aromatic N) is 2. The predicted octanol–water partition coefficient (Wildman–Crippen LogP) is 3.92. The molecule has 3 heterocycles. The van der Waals surface area contributed by atoms with Crippen molar-refractivity contribution in [2.24, 2.45) is 5.41 Å². The van der Waals surface area contributed by atoms with Crippen molar-refractivity contribution in [1.82, 2.24) is 10.2 Å². The molecule has 1 aromatic carbocycles. The van der Waals surface area contributed by atoms with E-state index in [9.17, 15) is 0 Å². The van der Waals surface area contributed by atoms with Crippen LogP contribution in [0.15, 0.2) is 28.7 Å². The largest absolute Gasteiger partial charge is 0.488 e. The van der Waals surface area contributed by atoms with Gasteiger partial charge >= 0.3 is 0 Å². The topological polar surface area (TPSA) is 57.4 Å². The number of benzene rings is 1. The third-order valence-corrected chi connectivity index (χ3v) is 4.61. The summed E-state index contributed by atoms with van der Waals surface area (Å²) in [6.45, 7) is 7.73. The van der Waals surface area contributed by atoms with Crippen LogP contribution in [0.2, 0.25) is 0 Å². The SMILES string of the molecule is CC(C)(C)[C@H]1OCC[C@@H]1c1nnc(C2=Cc3ccccc3OC2)o1. The van der Waals surface area contributed by atoms with Crippen LogP contribution < -0.4 is 4.74 Å². The minimum absolute atomic E-state index is 0.0436. The van der Waals surface area contributed by atoms with E-state index < -0.39 is 0 Å². The molecule has 0 radical (unpaired) electrons. The van der Waals surface area contributed by atoms with Crippen molar-refractivity contribution < 1.29 is 13.9 Å². The van der Waals surface area contributed by atoms with E-state index in [4.69, 9.17) is 13.9 Å². The van der Waals surface area contributed by atoms with Crippen molar-refractivity contribution >= 4 is 11.6 Å². The molecule has 2 aliphatic rings. The molecule has 0 N–H and O–H groups in total. The quantitative estimate of drug-likeness (QED) is 0.837.